The second kappa shape index (κ2) is 6.07. The largest absolute Gasteiger partial charge is 0.481 e. The summed E-state index contributed by atoms with van der Waals surface area (Å²) in [6.45, 7) is 6.40. The highest BCUT2D eigenvalue weighted by Crippen LogP contribution is 2.57. The summed E-state index contributed by atoms with van der Waals surface area (Å²) in [6.07, 6.45) is 3.54. The number of nitrogens with zero attached hydrogens (tertiary/aromatic N) is 2. The molecule has 0 saturated heterocycles. The third kappa shape index (κ3) is 2.54. The molecule has 0 radical (unpaired) electrons. The molecule has 2 aliphatic carbocycles. The van der Waals surface area contributed by atoms with Crippen molar-refractivity contribution in [2.24, 2.45) is 30.7 Å². The number of aliphatic carboxylic acids is 1. The zero-order chi connectivity index (χ0) is 17.6. The van der Waals surface area contributed by atoms with Gasteiger partial charge in [0.05, 0.1) is 18.0 Å². The summed E-state index contributed by atoms with van der Waals surface area (Å²) < 4.78 is 1.76. The van der Waals surface area contributed by atoms with Gasteiger partial charge in [-0.05, 0) is 45.4 Å². The molecule has 1 aromatic rings. The van der Waals surface area contributed by atoms with Crippen molar-refractivity contribution in [1.82, 2.24) is 15.1 Å². The third-order valence-corrected chi connectivity index (χ3v) is 5.80. The Balaban J connectivity index is 1.79. The van der Waals surface area contributed by atoms with E-state index in [1.165, 1.54) is 11.1 Å². The molecule has 6 heteroatoms. The molecule has 4 atom stereocenters. The number of hydrogen-bond donors (Lipinski definition) is 2. The molecule has 24 heavy (non-hydrogen) atoms. The van der Waals surface area contributed by atoms with Gasteiger partial charge in [0.15, 0.2) is 0 Å². The number of fused-ring (bicyclic) bond motifs is 2. The number of aromatic nitrogens is 2. The molecule has 130 valence electrons. The Hall–Kier alpha value is -2.11. The van der Waals surface area contributed by atoms with Crippen LogP contribution in [0.4, 0.5) is 0 Å². The Bertz CT molecular complexity index is 715. The second-order valence-corrected chi connectivity index (χ2v) is 7.23. The zero-order valence-electron chi connectivity index (χ0n) is 14.7. The minimum Gasteiger partial charge on any atom is -0.481 e. The number of aryl methyl sites for hydroxylation is 1. The molecule has 2 aliphatic rings. The molecule has 1 amide bonds. The zero-order valence-corrected chi connectivity index (χ0v) is 14.7. The van der Waals surface area contributed by atoms with Gasteiger partial charge >= 0.3 is 5.97 Å². The number of carboxylic acids is 1. The number of nitrogens with one attached hydrogen (secondary N) is 1. The fourth-order valence-corrected chi connectivity index (χ4v) is 4.62. The minimum absolute atomic E-state index is 0.0216. The van der Waals surface area contributed by atoms with Crippen LogP contribution in [0.5, 0.6) is 0 Å². The fraction of sp³-hybridized carbons (Fsp3) is 0.611. The lowest BCUT2D eigenvalue weighted by Crippen LogP contribution is -2.41. The average Bonchev–Trinajstić information content (AvgIpc) is 3.18. The molecule has 0 unspecified atom stereocenters. The van der Waals surface area contributed by atoms with Crippen LogP contribution in [0, 0.1) is 30.6 Å². The Kier molecular flexibility index (Phi) is 4.24. The van der Waals surface area contributed by atoms with Crippen LogP contribution in [0.25, 0.3) is 0 Å². The van der Waals surface area contributed by atoms with Crippen molar-refractivity contribution in [2.75, 3.05) is 0 Å². The fourth-order valence-electron chi connectivity index (χ4n) is 4.62. The molecule has 2 N–H and O–H groups in total. The van der Waals surface area contributed by atoms with E-state index in [0.717, 1.165) is 24.1 Å². The Labute approximate surface area is 141 Å². The number of amides is 1. The lowest BCUT2D eigenvalue weighted by molar-refractivity contribution is -0.149. The van der Waals surface area contributed by atoms with Gasteiger partial charge in [-0.15, -0.1) is 0 Å². The van der Waals surface area contributed by atoms with Gasteiger partial charge < -0.3 is 10.4 Å². The topological polar surface area (TPSA) is 84.2 Å². The van der Waals surface area contributed by atoms with E-state index in [4.69, 9.17) is 0 Å². The van der Waals surface area contributed by atoms with E-state index >= 15 is 0 Å². The van der Waals surface area contributed by atoms with Crippen molar-refractivity contribution in [1.29, 1.82) is 0 Å². The van der Waals surface area contributed by atoms with Gasteiger partial charge in [-0.25, -0.2) is 0 Å². The van der Waals surface area contributed by atoms with E-state index in [2.05, 4.69) is 10.4 Å². The quantitative estimate of drug-likeness (QED) is 0.827. The normalized spacial score (nSPS) is 28.2. The summed E-state index contributed by atoms with van der Waals surface area (Å²) in [5.41, 5.74) is 4.35. The number of carboxylic acid groups (broad SMARTS) is 1. The van der Waals surface area contributed by atoms with Crippen LogP contribution in [-0.2, 0) is 23.2 Å². The predicted octanol–water partition coefficient (Wildman–Crippen LogP) is 2.04. The van der Waals surface area contributed by atoms with Gasteiger partial charge in [-0.1, -0.05) is 11.1 Å². The van der Waals surface area contributed by atoms with Gasteiger partial charge in [0.1, 0.15) is 0 Å². The molecule has 3 rings (SSSR count). The SMILES string of the molecule is CC(C)=C1[C@H]2CC[C@H]1[C@@H](C(=O)NCc1cnn(C)c1C)[C@H]2C(=O)O. The smallest absolute Gasteiger partial charge is 0.307 e. The van der Waals surface area contributed by atoms with Gasteiger partial charge in [0.25, 0.3) is 0 Å². The molecule has 2 saturated carbocycles. The minimum atomic E-state index is -0.848. The molecule has 0 aromatic carbocycles. The van der Waals surface area contributed by atoms with E-state index in [-0.39, 0.29) is 17.7 Å². The molecular weight excluding hydrogens is 306 g/mol. The first-order chi connectivity index (χ1) is 11.3. The summed E-state index contributed by atoms with van der Waals surface area (Å²) in [5, 5.41) is 16.8. The first-order valence-corrected chi connectivity index (χ1v) is 8.48. The Morgan fingerprint density at radius 2 is 1.92 bits per heavy atom. The monoisotopic (exact) mass is 331 g/mol. The van der Waals surface area contributed by atoms with E-state index in [0.29, 0.717) is 6.54 Å². The van der Waals surface area contributed by atoms with Gasteiger partial charge in [0, 0.05) is 24.8 Å². The molecule has 1 heterocycles. The maximum atomic E-state index is 12.8. The van der Waals surface area contributed by atoms with Gasteiger partial charge in [-0.2, -0.15) is 5.10 Å². The maximum absolute atomic E-state index is 12.8. The van der Waals surface area contributed by atoms with E-state index in [1.54, 1.807) is 10.9 Å². The molecule has 2 bridgehead atoms. The highest BCUT2D eigenvalue weighted by molar-refractivity contribution is 5.87. The van der Waals surface area contributed by atoms with E-state index in [1.807, 2.05) is 27.8 Å². The van der Waals surface area contributed by atoms with Crippen molar-refractivity contribution in [3.63, 3.8) is 0 Å². The lowest BCUT2D eigenvalue weighted by atomic mass is 9.78. The summed E-state index contributed by atoms with van der Waals surface area (Å²) in [5.74, 6) is -1.94. The van der Waals surface area contributed by atoms with Crippen molar-refractivity contribution in [3.05, 3.63) is 28.6 Å². The van der Waals surface area contributed by atoms with Gasteiger partial charge in [0.2, 0.25) is 5.91 Å². The molecule has 2 fully saturated rings. The van der Waals surface area contributed by atoms with E-state index in [9.17, 15) is 14.7 Å². The number of carbonyl (C=O) groups excluding carboxylic acids is 1. The van der Waals surface area contributed by atoms with E-state index < -0.39 is 17.8 Å². The maximum Gasteiger partial charge on any atom is 0.307 e. The predicted molar refractivity (Wildman–Crippen MR) is 89.0 cm³/mol. The van der Waals surface area contributed by atoms with Crippen LogP contribution in [0.3, 0.4) is 0 Å². The van der Waals surface area contributed by atoms with Crippen LogP contribution < -0.4 is 5.32 Å². The molecule has 0 aliphatic heterocycles. The Morgan fingerprint density at radius 3 is 2.42 bits per heavy atom. The summed E-state index contributed by atoms with van der Waals surface area (Å²) in [4.78, 5) is 24.6. The molecule has 0 spiro atoms. The molecular formula is C18H25N3O3. The average molecular weight is 331 g/mol. The first kappa shape index (κ1) is 16.7. The first-order valence-electron chi connectivity index (χ1n) is 8.48. The standard InChI is InChI=1S/C18H25N3O3/c1-9(2)14-12-5-6-13(14)16(18(23)24)15(12)17(22)19-7-11-8-20-21(4)10(11)3/h8,12-13,15-16H,5-7H2,1-4H3,(H,19,22)(H,23,24)/t12-,13-,15-,16+/m1/s1. The lowest BCUT2D eigenvalue weighted by Gasteiger charge is -2.26. The Morgan fingerprint density at radius 1 is 1.29 bits per heavy atom. The van der Waals surface area contributed by atoms with Crippen LogP contribution in [0.2, 0.25) is 0 Å². The third-order valence-electron chi connectivity index (χ3n) is 5.80. The number of allylic oxidation sites excluding steroid dienone is 2. The highest BCUT2D eigenvalue weighted by atomic mass is 16.4. The summed E-state index contributed by atoms with van der Waals surface area (Å²) >= 11 is 0. The van der Waals surface area contributed by atoms with Gasteiger partial charge in [-0.3, -0.25) is 14.3 Å². The van der Waals surface area contributed by atoms with Crippen LogP contribution >= 0.6 is 0 Å². The second-order valence-electron chi connectivity index (χ2n) is 7.23. The van der Waals surface area contributed by atoms with Crippen molar-refractivity contribution in [2.45, 2.75) is 40.2 Å². The van der Waals surface area contributed by atoms with Crippen molar-refractivity contribution < 1.29 is 14.7 Å². The van der Waals surface area contributed by atoms with Crippen LogP contribution in [0.15, 0.2) is 17.3 Å². The number of rotatable bonds is 4. The van der Waals surface area contributed by atoms with Crippen LogP contribution in [-0.4, -0.2) is 26.8 Å². The summed E-state index contributed by atoms with van der Waals surface area (Å²) in [7, 11) is 1.86. The van der Waals surface area contributed by atoms with Crippen molar-refractivity contribution >= 4 is 11.9 Å². The van der Waals surface area contributed by atoms with Crippen LogP contribution in [0.1, 0.15) is 37.9 Å². The molecule has 6 nitrogen and oxygen atoms in total. The summed E-state index contributed by atoms with van der Waals surface area (Å²) in [6, 6.07) is 0. The number of carbonyl (C=O) groups is 2. The number of hydrogen-bond acceptors (Lipinski definition) is 3. The molecule has 1 aromatic heterocycles. The van der Waals surface area contributed by atoms with Crippen molar-refractivity contribution in [3.8, 4) is 0 Å². The highest BCUT2D eigenvalue weighted by Gasteiger charge is 2.57.